The molecule has 3 nitrogen and oxygen atoms in total. The Morgan fingerprint density at radius 1 is 1.67 bits per heavy atom. The molecule has 0 bridgehead atoms. The van der Waals surface area contributed by atoms with Crippen LogP contribution < -0.4 is 0 Å². The summed E-state index contributed by atoms with van der Waals surface area (Å²) in [6, 6.07) is 0. The lowest BCUT2D eigenvalue weighted by atomic mass is 10.2. The highest BCUT2D eigenvalue weighted by atomic mass is 16.7. The van der Waals surface area contributed by atoms with Gasteiger partial charge in [-0.2, -0.15) is 0 Å². The number of hydrogen-bond donors (Lipinski definition) is 0. The third kappa shape index (κ3) is 4.40. The van der Waals surface area contributed by atoms with E-state index in [1.807, 2.05) is 0 Å². The lowest BCUT2D eigenvalue weighted by molar-refractivity contribution is 0.0577. The molecule has 0 aromatic rings. The van der Waals surface area contributed by atoms with Gasteiger partial charge in [-0.05, 0) is 25.5 Å². The van der Waals surface area contributed by atoms with Crippen LogP contribution in [0.1, 0.15) is 13.8 Å². The monoisotopic (exact) mass is 168 g/mol. The van der Waals surface area contributed by atoms with Gasteiger partial charge >= 0.3 is 6.16 Å². The van der Waals surface area contributed by atoms with Crippen LogP contribution in [0.2, 0.25) is 0 Å². The molecule has 0 saturated heterocycles. The third-order valence-corrected chi connectivity index (χ3v) is 1.16. The van der Waals surface area contributed by atoms with Crippen LogP contribution in [0.5, 0.6) is 0 Å². The van der Waals surface area contributed by atoms with Gasteiger partial charge in [0.25, 0.3) is 0 Å². The Balaban J connectivity index is 3.99. The number of allylic oxidation sites excluding steroid dienone is 1. The van der Waals surface area contributed by atoms with Crippen LogP contribution >= 0.6 is 0 Å². The van der Waals surface area contributed by atoms with E-state index in [4.69, 9.17) is 11.2 Å². The highest BCUT2D eigenvalue weighted by Gasteiger charge is 2.05. The van der Waals surface area contributed by atoms with Crippen molar-refractivity contribution in [3.8, 4) is 12.3 Å². The van der Waals surface area contributed by atoms with E-state index < -0.39 is 6.16 Å². The number of terminal acetylenes is 1. The summed E-state index contributed by atoms with van der Waals surface area (Å²) in [6.07, 6.45) is 5.70. The molecule has 3 heteroatoms. The summed E-state index contributed by atoms with van der Waals surface area (Å²) < 4.78 is 9.03. The van der Waals surface area contributed by atoms with Crippen molar-refractivity contribution in [3.63, 3.8) is 0 Å². The minimum atomic E-state index is -0.705. The molecule has 12 heavy (non-hydrogen) atoms. The first-order valence-corrected chi connectivity index (χ1v) is 3.49. The second-order valence-electron chi connectivity index (χ2n) is 2.27. The van der Waals surface area contributed by atoms with Gasteiger partial charge in [0.15, 0.2) is 0 Å². The fourth-order valence-electron chi connectivity index (χ4n) is 0.634. The fraction of sp³-hybridized carbons (Fsp3) is 0.444. The van der Waals surface area contributed by atoms with Crippen molar-refractivity contribution in [1.29, 1.82) is 0 Å². The van der Waals surface area contributed by atoms with Crippen molar-refractivity contribution in [2.45, 2.75) is 20.0 Å². The molecule has 0 aliphatic heterocycles. The van der Waals surface area contributed by atoms with Crippen LogP contribution in [0.3, 0.4) is 0 Å². The second kappa shape index (κ2) is 5.25. The number of carbonyl (C=O) groups excluding carboxylic acids is 1. The Hall–Kier alpha value is -1.43. The molecule has 1 atom stereocenters. The van der Waals surface area contributed by atoms with Gasteiger partial charge in [0.05, 0.1) is 7.11 Å². The molecule has 1 unspecified atom stereocenters. The van der Waals surface area contributed by atoms with Crippen LogP contribution in [-0.4, -0.2) is 19.4 Å². The third-order valence-electron chi connectivity index (χ3n) is 1.16. The second-order valence-corrected chi connectivity index (χ2v) is 2.27. The standard InChI is InChI=1S/C9H12O3/c1-5-7(2)6-8(3)12-9(10)11-4/h1,6,8H,2-4H3/b7-6-. The topological polar surface area (TPSA) is 35.5 Å². The molecule has 0 radical (unpaired) electrons. The summed E-state index contributed by atoms with van der Waals surface area (Å²) >= 11 is 0. The van der Waals surface area contributed by atoms with Gasteiger partial charge in [-0.25, -0.2) is 4.79 Å². The van der Waals surface area contributed by atoms with E-state index in [2.05, 4.69) is 10.7 Å². The maximum atomic E-state index is 10.6. The van der Waals surface area contributed by atoms with Crippen molar-refractivity contribution >= 4 is 6.16 Å². The minimum Gasteiger partial charge on any atom is -0.438 e. The average molecular weight is 168 g/mol. The van der Waals surface area contributed by atoms with Crippen LogP contribution in [0.15, 0.2) is 11.6 Å². The molecule has 0 spiro atoms. The van der Waals surface area contributed by atoms with E-state index in [1.54, 1.807) is 19.9 Å². The number of hydrogen-bond acceptors (Lipinski definition) is 3. The number of methoxy groups -OCH3 is 1. The van der Waals surface area contributed by atoms with Crippen LogP contribution in [0.25, 0.3) is 0 Å². The maximum Gasteiger partial charge on any atom is 0.508 e. The molecular weight excluding hydrogens is 156 g/mol. The molecule has 0 amide bonds. The van der Waals surface area contributed by atoms with Gasteiger partial charge < -0.3 is 9.47 Å². The van der Waals surface area contributed by atoms with E-state index in [0.29, 0.717) is 0 Å². The molecule has 0 fully saturated rings. The van der Waals surface area contributed by atoms with Gasteiger partial charge in [0.2, 0.25) is 0 Å². The first-order valence-electron chi connectivity index (χ1n) is 3.49. The molecule has 0 aliphatic carbocycles. The van der Waals surface area contributed by atoms with Crippen LogP contribution in [0.4, 0.5) is 4.79 Å². The number of rotatable bonds is 2. The average Bonchev–Trinajstić information content (AvgIpc) is 2.03. The zero-order valence-electron chi connectivity index (χ0n) is 7.46. The first-order chi connectivity index (χ1) is 5.60. The quantitative estimate of drug-likeness (QED) is 0.465. The lowest BCUT2D eigenvalue weighted by Crippen LogP contribution is -2.12. The van der Waals surface area contributed by atoms with E-state index in [-0.39, 0.29) is 6.10 Å². The summed E-state index contributed by atoms with van der Waals surface area (Å²) in [5.74, 6) is 2.42. The molecular formula is C9H12O3. The Kier molecular flexibility index (Phi) is 4.62. The van der Waals surface area contributed by atoms with Crippen LogP contribution in [0, 0.1) is 12.3 Å². The summed E-state index contributed by atoms with van der Waals surface area (Å²) in [5, 5.41) is 0. The van der Waals surface area contributed by atoms with Gasteiger partial charge in [-0.15, -0.1) is 6.42 Å². The van der Waals surface area contributed by atoms with Crippen molar-refractivity contribution in [2.75, 3.05) is 7.11 Å². The van der Waals surface area contributed by atoms with Crippen molar-refractivity contribution in [3.05, 3.63) is 11.6 Å². The highest BCUT2D eigenvalue weighted by Crippen LogP contribution is 1.99. The predicted molar refractivity (Wildman–Crippen MR) is 45.5 cm³/mol. The van der Waals surface area contributed by atoms with E-state index in [1.165, 1.54) is 7.11 Å². The van der Waals surface area contributed by atoms with Gasteiger partial charge in [-0.3, -0.25) is 0 Å². The molecule has 0 heterocycles. The lowest BCUT2D eigenvalue weighted by Gasteiger charge is -2.07. The number of carbonyl (C=O) groups is 1. The SMILES string of the molecule is C#C/C(C)=C\C(C)OC(=O)OC. The summed E-state index contributed by atoms with van der Waals surface area (Å²) in [6.45, 7) is 3.47. The van der Waals surface area contributed by atoms with Crippen molar-refractivity contribution in [1.82, 2.24) is 0 Å². The molecule has 0 saturated carbocycles. The molecule has 0 rings (SSSR count). The molecule has 0 aromatic carbocycles. The van der Waals surface area contributed by atoms with Crippen LogP contribution in [-0.2, 0) is 9.47 Å². The van der Waals surface area contributed by atoms with Gasteiger partial charge in [0.1, 0.15) is 6.10 Å². The zero-order valence-corrected chi connectivity index (χ0v) is 7.46. The molecule has 66 valence electrons. The largest absolute Gasteiger partial charge is 0.508 e. The maximum absolute atomic E-state index is 10.6. The van der Waals surface area contributed by atoms with Crippen molar-refractivity contribution in [2.24, 2.45) is 0 Å². The summed E-state index contributed by atoms with van der Waals surface area (Å²) in [7, 11) is 1.26. The highest BCUT2D eigenvalue weighted by molar-refractivity contribution is 5.60. The van der Waals surface area contributed by atoms with E-state index in [0.717, 1.165) is 5.57 Å². The molecule has 0 aliphatic rings. The Morgan fingerprint density at radius 2 is 2.25 bits per heavy atom. The van der Waals surface area contributed by atoms with Crippen molar-refractivity contribution < 1.29 is 14.3 Å². The zero-order chi connectivity index (χ0) is 9.56. The Morgan fingerprint density at radius 3 is 2.67 bits per heavy atom. The predicted octanol–water partition coefficient (Wildman–Crippen LogP) is 1.74. The first kappa shape index (κ1) is 10.6. The molecule has 0 N–H and O–H groups in total. The Labute approximate surface area is 72.4 Å². The smallest absolute Gasteiger partial charge is 0.438 e. The normalized spacial score (nSPS) is 13.0. The Bertz CT molecular complexity index is 222. The van der Waals surface area contributed by atoms with E-state index in [9.17, 15) is 4.79 Å². The molecule has 0 aromatic heterocycles. The summed E-state index contributed by atoms with van der Waals surface area (Å²) in [4.78, 5) is 10.6. The minimum absolute atomic E-state index is 0.353. The van der Waals surface area contributed by atoms with E-state index >= 15 is 0 Å². The summed E-state index contributed by atoms with van der Waals surface area (Å²) in [5.41, 5.74) is 0.728. The van der Waals surface area contributed by atoms with Gasteiger partial charge in [-0.1, -0.05) is 5.92 Å². The fourth-order valence-corrected chi connectivity index (χ4v) is 0.634. The van der Waals surface area contributed by atoms with Gasteiger partial charge in [0, 0.05) is 0 Å². The number of ether oxygens (including phenoxy) is 2.